The minimum Gasteiger partial charge on any atom is -0.355 e. The molecule has 5 nitrogen and oxygen atoms in total. The van der Waals surface area contributed by atoms with Crippen molar-refractivity contribution >= 4 is 29.1 Å². The Kier molecular flexibility index (Phi) is 9.88. The van der Waals surface area contributed by atoms with Gasteiger partial charge in [-0.15, -0.1) is 0 Å². The van der Waals surface area contributed by atoms with E-state index >= 15 is 0 Å². The van der Waals surface area contributed by atoms with Gasteiger partial charge in [0, 0.05) is 36.9 Å². The van der Waals surface area contributed by atoms with E-state index in [4.69, 9.17) is 0 Å². The highest BCUT2D eigenvalue weighted by Crippen LogP contribution is 2.10. The minimum atomic E-state index is -0.00506. The molecule has 0 aliphatic heterocycles. The van der Waals surface area contributed by atoms with Crippen LogP contribution < -0.4 is 10.6 Å². The molecule has 0 heterocycles. The summed E-state index contributed by atoms with van der Waals surface area (Å²) in [7, 11) is 4.78. The van der Waals surface area contributed by atoms with E-state index in [-0.39, 0.29) is 35.6 Å². The van der Waals surface area contributed by atoms with Crippen molar-refractivity contribution in [3.05, 3.63) is 0 Å². The Morgan fingerprint density at radius 2 is 1.67 bits per heavy atom. The third kappa shape index (κ3) is 7.82. The zero-order valence-corrected chi connectivity index (χ0v) is 15.4. The van der Waals surface area contributed by atoms with Crippen LogP contribution in [0.1, 0.15) is 41.0 Å². The highest BCUT2D eigenvalue weighted by molar-refractivity contribution is 7.13. The molecule has 0 spiro atoms. The second-order valence-electron chi connectivity index (χ2n) is 6.10. The van der Waals surface area contributed by atoms with Crippen LogP contribution in [0, 0.1) is 11.8 Å². The molecule has 0 aliphatic rings. The van der Waals surface area contributed by atoms with Crippen LogP contribution in [0.4, 0.5) is 0 Å². The fourth-order valence-electron chi connectivity index (χ4n) is 1.86. The van der Waals surface area contributed by atoms with E-state index in [1.54, 1.807) is 0 Å². The molecule has 0 bridgehead atoms. The van der Waals surface area contributed by atoms with Gasteiger partial charge in [0.05, 0.1) is 0 Å². The van der Waals surface area contributed by atoms with Gasteiger partial charge in [0.2, 0.25) is 11.8 Å². The molecule has 0 saturated heterocycles. The predicted octanol–water partition coefficient (Wildman–Crippen LogP) is 0.361. The topological polar surface area (TPSA) is 61.4 Å². The smallest absolute Gasteiger partial charge is 0.222 e. The van der Waals surface area contributed by atoms with Gasteiger partial charge >= 0.3 is 0 Å². The van der Waals surface area contributed by atoms with Crippen molar-refractivity contribution in [1.82, 2.24) is 15.3 Å². The lowest BCUT2D eigenvalue weighted by atomic mass is 9.87. The van der Waals surface area contributed by atoms with Gasteiger partial charge in [-0.25, -0.2) is 0 Å². The maximum absolute atomic E-state index is 11.8. The first kappa shape index (κ1) is 20.4. The number of amides is 2. The number of hydrogen-bond acceptors (Lipinski definition) is 3. The van der Waals surface area contributed by atoms with Gasteiger partial charge in [0.1, 0.15) is 7.85 Å². The monoisotopic (exact) mass is 315 g/mol. The number of carbonyl (C=O) groups is 2. The second kappa shape index (κ2) is 10.2. The summed E-state index contributed by atoms with van der Waals surface area (Å²) in [5, 5.41) is 5.99. The Balaban J connectivity index is 4.29. The van der Waals surface area contributed by atoms with Crippen molar-refractivity contribution in [1.29, 1.82) is 0 Å². The molecule has 3 atom stereocenters. The van der Waals surface area contributed by atoms with Crippen LogP contribution in [0.3, 0.4) is 0 Å². The molecule has 122 valence electrons. The standard InChI is InChI=1S/C14H31BN3O2P/c1-6-11(17-14(20)10(4)5)12(15)18(21)8-7-16-13(19)9(2)3/h9-12H,6-8,15,21H2,1-5H3,(H,16,19)(H,17,20). The van der Waals surface area contributed by atoms with Crippen LogP contribution in [-0.4, -0.2) is 49.4 Å². The Morgan fingerprint density at radius 3 is 2.10 bits per heavy atom. The van der Waals surface area contributed by atoms with E-state index in [0.717, 1.165) is 13.0 Å². The lowest BCUT2D eigenvalue weighted by molar-refractivity contribution is -0.125. The third-order valence-corrected chi connectivity index (χ3v) is 4.32. The van der Waals surface area contributed by atoms with Gasteiger partial charge in [0.25, 0.3) is 0 Å². The first-order valence-electron chi connectivity index (χ1n) is 7.80. The number of carbonyl (C=O) groups excluding carboxylic acids is 2. The summed E-state index contributed by atoms with van der Waals surface area (Å²) in [5.41, 5.74) is 0. The Bertz CT molecular complexity index is 340. The van der Waals surface area contributed by atoms with Gasteiger partial charge < -0.3 is 10.6 Å². The molecular formula is C14H31BN3O2P. The molecule has 0 aliphatic carbocycles. The summed E-state index contributed by atoms with van der Waals surface area (Å²) in [4.78, 5) is 23.3. The maximum Gasteiger partial charge on any atom is 0.222 e. The van der Waals surface area contributed by atoms with Gasteiger partial charge in [-0.2, -0.15) is 0 Å². The van der Waals surface area contributed by atoms with Crippen LogP contribution in [0.25, 0.3) is 0 Å². The summed E-state index contributed by atoms with van der Waals surface area (Å²) < 4.78 is 2.09. The molecule has 21 heavy (non-hydrogen) atoms. The van der Waals surface area contributed by atoms with Crippen LogP contribution in [0.15, 0.2) is 0 Å². The van der Waals surface area contributed by atoms with E-state index in [1.807, 2.05) is 27.7 Å². The van der Waals surface area contributed by atoms with Gasteiger partial charge in [-0.05, 0) is 6.42 Å². The molecule has 0 fully saturated rings. The van der Waals surface area contributed by atoms with Crippen molar-refractivity contribution in [2.24, 2.45) is 11.8 Å². The largest absolute Gasteiger partial charge is 0.355 e. The van der Waals surface area contributed by atoms with E-state index in [9.17, 15) is 9.59 Å². The molecular weight excluding hydrogens is 284 g/mol. The number of nitrogens with zero attached hydrogens (tertiary/aromatic N) is 1. The number of nitrogens with one attached hydrogen (secondary N) is 2. The van der Waals surface area contributed by atoms with E-state index in [1.165, 1.54) is 0 Å². The zero-order chi connectivity index (χ0) is 16.6. The highest BCUT2D eigenvalue weighted by Gasteiger charge is 2.22. The van der Waals surface area contributed by atoms with Crippen LogP contribution in [0.5, 0.6) is 0 Å². The van der Waals surface area contributed by atoms with E-state index in [2.05, 4.69) is 39.5 Å². The fraction of sp³-hybridized carbons (Fsp3) is 0.857. The van der Waals surface area contributed by atoms with Gasteiger partial charge in [-0.3, -0.25) is 14.3 Å². The molecule has 2 N–H and O–H groups in total. The Hall–Kier alpha value is -0.605. The Morgan fingerprint density at radius 1 is 1.14 bits per heavy atom. The number of rotatable bonds is 9. The predicted molar refractivity (Wildman–Crippen MR) is 93.7 cm³/mol. The first-order chi connectivity index (χ1) is 9.70. The quantitative estimate of drug-likeness (QED) is 0.477. The minimum absolute atomic E-state index is 0.00506. The van der Waals surface area contributed by atoms with Crippen LogP contribution in [0.2, 0.25) is 0 Å². The lowest BCUT2D eigenvalue weighted by Gasteiger charge is -2.32. The normalized spacial score (nSPS) is 14.3. The summed E-state index contributed by atoms with van der Waals surface area (Å²) in [6.07, 6.45) is 0.878. The molecule has 0 saturated carbocycles. The van der Waals surface area contributed by atoms with E-state index in [0.29, 0.717) is 6.54 Å². The maximum atomic E-state index is 11.8. The van der Waals surface area contributed by atoms with E-state index < -0.39 is 0 Å². The highest BCUT2D eigenvalue weighted by atomic mass is 31.0. The van der Waals surface area contributed by atoms with Crippen molar-refractivity contribution in [2.75, 3.05) is 13.1 Å². The SMILES string of the molecule is BC(C(CC)NC(=O)C(C)C)N(P)CCNC(=O)C(C)C. The van der Waals surface area contributed by atoms with Crippen molar-refractivity contribution in [2.45, 2.75) is 53.0 Å². The first-order valence-corrected chi connectivity index (χ1v) is 8.31. The number of hydrogen-bond donors (Lipinski definition) is 2. The van der Waals surface area contributed by atoms with Crippen molar-refractivity contribution in [3.8, 4) is 0 Å². The molecule has 0 aromatic heterocycles. The summed E-state index contributed by atoms with van der Waals surface area (Å²) in [5.74, 6) is 0.351. The molecule has 3 unspecified atom stereocenters. The third-order valence-electron chi connectivity index (χ3n) is 3.59. The van der Waals surface area contributed by atoms with Crippen LogP contribution in [-0.2, 0) is 9.59 Å². The van der Waals surface area contributed by atoms with Crippen molar-refractivity contribution in [3.63, 3.8) is 0 Å². The van der Waals surface area contributed by atoms with Gasteiger partial charge in [-0.1, -0.05) is 44.0 Å². The average molecular weight is 315 g/mol. The summed E-state index contributed by atoms with van der Waals surface area (Å²) in [6.45, 7) is 11.0. The Labute approximate surface area is 132 Å². The van der Waals surface area contributed by atoms with Gasteiger partial charge in [0.15, 0.2) is 0 Å². The molecule has 0 radical (unpaired) electrons. The second-order valence-corrected chi connectivity index (χ2v) is 6.77. The molecule has 7 heteroatoms. The fourth-order valence-corrected chi connectivity index (χ4v) is 2.20. The molecule has 0 rings (SSSR count). The van der Waals surface area contributed by atoms with Crippen molar-refractivity contribution < 1.29 is 9.59 Å². The molecule has 0 aromatic carbocycles. The summed E-state index contributed by atoms with van der Waals surface area (Å²) in [6, 6.07) is 0.109. The average Bonchev–Trinajstić information content (AvgIpc) is 2.42. The van der Waals surface area contributed by atoms with Crippen LogP contribution >= 0.6 is 9.39 Å². The lowest BCUT2D eigenvalue weighted by Crippen LogP contribution is -2.51. The summed E-state index contributed by atoms with van der Waals surface area (Å²) >= 11 is 0. The molecule has 2 amide bonds. The molecule has 0 aromatic rings. The zero-order valence-electron chi connectivity index (χ0n) is 14.3.